The molecule has 0 radical (unpaired) electrons. The number of ether oxygens (including phenoxy) is 2. The Morgan fingerprint density at radius 2 is 2.07 bits per heavy atom. The smallest absolute Gasteiger partial charge is 0.344 e. The molecule has 1 atom stereocenters. The zero-order valence-corrected chi connectivity index (χ0v) is 8.06. The molecule has 1 N–H and O–H groups in total. The highest BCUT2D eigenvalue weighted by molar-refractivity contribution is 5.92. The Bertz CT molecular complexity index is 320. The summed E-state index contributed by atoms with van der Waals surface area (Å²) in [7, 11) is 1.47. The zero-order chi connectivity index (χ0) is 10.6. The molecule has 14 heavy (non-hydrogen) atoms. The van der Waals surface area contributed by atoms with Crippen molar-refractivity contribution in [2.75, 3.05) is 7.11 Å². The molecule has 0 aliphatic carbocycles. The van der Waals surface area contributed by atoms with Gasteiger partial charge in [-0.05, 0) is 19.1 Å². The molecule has 0 spiro atoms. The molecule has 0 saturated heterocycles. The SMILES string of the molecule is COc1ccccc1C(=O)OC(C)O. The lowest BCUT2D eigenvalue weighted by Crippen LogP contribution is -2.14. The number of carbonyl (C=O) groups is 1. The van der Waals surface area contributed by atoms with E-state index in [1.807, 2.05) is 0 Å². The number of carbonyl (C=O) groups excluding carboxylic acids is 1. The molecule has 1 rings (SSSR count). The lowest BCUT2D eigenvalue weighted by atomic mass is 10.2. The minimum Gasteiger partial charge on any atom is -0.496 e. The van der Waals surface area contributed by atoms with Crippen LogP contribution in [0.25, 0.3) is 0 Å². The van der Waals surface area contributed by atoms with Crippen LogP contribution in [-0.4, -0.2) is 24.5 Å². The molecule has 76 valence electrons. The Hall–Kier alpha value is -1.55. The van der Waals surface area contributed by atoms with Gasteiger partial charge in [0.25, 0.3) is 0 Å². The van der Waals surface area contributed by atoms with E-state index >= 15 is 0 Å². The lowest BCUT2D eigenvalue weighted by Gasteiger charge is -2.09. The summed E-state index contributed by atoms with van der Waals surface area (Å²) in [5.74, 6) is -0.171. The third kappa shape index (κ3) is 2.47. The number of methoxy groups -OCH3 is 1. The fourth-order valence-electron chi connectivity index (χ4n) is 1.03. The van der Waals surface area contributed by atoms with Crippen molar-refractivity contribution in [1.82, 2.24) is 0 Å². The molecule has 1 aromatic carbocycles. The van der Waals surface area contributed by atoms with Gasteiger partial charge < -0.3 is 14.6 Å². The van der Waals surface area contributed by atoms with Crippen LogP contribution in [0.2, 0.25) is 0 Å². The van der Waals surface area contributed by atoms with Crippen molar-refractivity contribution >= 4 is 5.97 Å². The monoisotopic (exact) mass is 196 g/mol. The van der Waals surface area contributed by atoms with E-state index in [0.29, 0.717) is 11.3 Å². The molecule has 1 unspecified atom stereocenters. The summed E-state index contributed by atoms with van der Waals surface area (Å²) >= 11 is 0. The number of aliphatic hydroxyl groups excluding tert-OH is 1. The standard InChI is InChI=1S/C10H12O4/c1-7(11)14-10(12)8-5-3-4-6-9(8)13-2/h3-7,11H,1-2H3. The van der Waals surface area contributed by atoms with E-state index in [9.17, 15) is 4.79 Å². The summed E-state index contributed by atoms with van der Waals surface area (Å²) in [6, 6.07) is 6.67. The highest BCUT2D eigenvalue weighted by atomic mass is 16.6. The maximum absolute atomic E-state index is 11.4. The van der Waals surface area contributed by atoms with Gasteiger partial charge in [0.05, 0.1) is 7.11 Å². The van der Waals surface area contributed by atoms with Crippen LogP contribution in [0.1, 0.15) is 17.3 Å². The third-order valence-electron chi connectivity index (χ3n) is 1.60. The number of para-hydroxylation sites is 1. The third-order valence-corrected chi connectivity index (χ3v) is 1.60. The van der Waals surface area contributed by atoms with Crippen molar-refractivity contribution < 1.29 is 19.4 Å². The predicted octanol–water partition coefficient (Wildman–Crippen LogP) is 1.19. The number of hydrogen-bond donors (Lipinski definition) is 1. The maximum atomic E-state index is 11.4. The minimum atomic E-state index is -1.12. The quantitative estimate of drug-likeness (QED) is 0.582. The van der Waals surface area contributed by atoms with E-state index in [4.69, 9.17) is 9.84 Å². The van der Waals surface area contributed by atoms with Crippen molar-refractivity contribution in [2.45, 2.75) is 13.2 Å². The Morgan fingerprint density at radius 3 is 2.64 bits per heavy atom. The fraction of sp³-hybridized carbons (Fsp3) is 0.300. The Balaban J connectivity index is 2.88. The van der Waals surface area contributed by atoms with Crippen LogP contribution in [0, 0.1) is 0 Å². The Kier molecular flexibility index (Phi) is 3.48. The summed E-state index contributed by atoms with van der Waals surface area (Å²) < 4.78 is 9.58. The maximum Gasteiger partial charge on any atom is 0.344 e. The number of aliphatic hydroxyl groups is 1. The summed E-state index contributed by atoms with van der Waals surface area (Å²) in [6.45, 7) is 1.37. The normalized spacial score (nSPS) is 11.9. The van der Waals surface area contributed by atoms with Crippen LogP contribution in [0.5, 0.6) is 5.75 Å². The van der Waals surface area contributed by atoms with Gasteiger partial charge in [0.15, 0.2) is 6.29 Å². The van der Waals surface area contributed by atoms with Gasteiger partial charge in [-0.2, -0.15) is 0 Å². The van der Waals surface area contributed by atoms with E-state index in [1.54, 1.807) is 24.3 Å². The van der Waals surface area contributed by atoms with E-state index in [0.717, 1.165) is 0 Å². The van der Waals surface area contributed by atoms with E-state index in [-0.39, 0.29) is 0 Å². The van der Waals surface area contributed by atoms with Crippen LogP contribution < -0.4 is 4.74 Å². The molecule has 0 aliphatic rings. The summed E-state index contributed by atoms with van der Waals surface area (Å²) in [4.78, 5) is 11.4. The highest BCUT2D eigenvalue weighted by Crippen LogP contribution is 2.18. The molecule has 0 bridgehead atoms. The highest BCUT2D eigenvalue weighted by Gasteiger charge is 2.14. The van der Waals surface area contributed by atoms with Crippen molar-refractivity contribution in [1.29, 1.82) is 0 Å². The average Bonchev–Trinajstić information content (AvgIpc) is 2.16. The topological polar surface area (TPSA) is 55.8 Å². The predicted molar refractivity (Wildman–Crippen MR) is 50.1 cm³/mol. The molecule has 0 heterocycles. The van der Waals surface area contributed by atoms with Gasteiger partial charge in [-0.3, -0.25) is 0 Å². The molecule has 4 nitrogen and oxygen atoms in total. The number of rotatable bonds is 3. The number of hydrogen-bond acceptors (Lipinski definition) is 4. The minimum absolute atomic E-state index is 0.302. The molecular weight excluding hydrogens is 184 g/mol. The van der Waals surface area contributed by atoms with Gasteiger partial charge in [-0.15, -0.1) is 0 Å². The van der Waals surface area contributed by atoms with Crippen LogP contribution in [0.4, 0.5) is 0 Å². The first-order valence-electron chi connectivity index (χ1n) is 4.17. The lowest BCUT2D eigenvalue weighted by molar-refractivity contribution is -0.0524. The molecule has 0 saturated carbocycles. The number of esters is 1. The van der Waals surface area contributed by atoms with Crippen LogP contribution >= 0.6 is 0 Å². The van der Waals surface area contributed by atoms with Crippen molar-refractivity contribution in [3.8, 4) is 5.75 Å². The van der Waals surface area contributed by atoms with Crippen molar-refractivity contribution in [3.05, 3.63) is 29.8 Å². The first-order chi connectivity index (χ1) is 6.65. The number of benzene rings is 1. The van der Waals surface area contributed by atoms with Crippen molar-refractivity contribution in [2.24, 2.45) is 0 Å². The summed E-state index contributed by atoms with van der Waals surface area (Å²) in [5.41, 5.74) is 0.302. The van der Waals surface area contributed by atoms with Gasteiger partial charge in [0, 0.05) is 0 Å². The fourth-order valence-corrected chi connectivity index (χ4v) is 1.03. The van der Waals surface area contributed by atoms with Crippen LogP contribution in [0.3, 0.4) is 0 Å². The second-order valence-corrected chi connectivity index (χ2v) is 2.70. The first kappa shape index (κ1) is 10.5. The van der Waals surface area contributed by atoms with Gasteiger partial charge in [0.2, 0.25) is 0 Å². The van der Waals surface area contributed by atoms with E-state index in [2.05, 4.69) is 4.74 Å². The molecule has 0 aromatic heterocycles. The summed E-state index contributed by atoms with van der Waals surface area (Å²) in [6.07, 6.45) is -1.12. The van der Waals surface area contributed by atoms with E-state index in [1.165, 1.54) is 14.0 Å². The Labute approximate surface area is 82.1 Å². The molecule has 0 fully saturated rings. The van der Waals surface area contributed by atoms with Crippen LogP contribution in [-0.2, 0) is 4.74 Å². The molecule has 0 aliphatic heterocycles. The zero-order valence-electron chi connectivity index (χ0n) is 8.06. The Morgan fingerprint density at radius 1 is 1.43 bits per heavy atom. The van der Waals surface area contributed by atoms with Gasteiger partial charge in [0.1, 0.15) is 11.3 Å². The van der Waals surface area contributed by atoms with E-state index < -0.39 is 12.3 Å². The van der Waals surface area contributed by atoms with Gasteiger partial charge >= 0.3 is 5.97 Å². The average molecular weight is 196 g/mol. The second kappa shape index (κ2) is 4.62. The van der Waals surface area contributed by atoms with Crippen LogP contribution in [0.15, 0.2) is 24.3 Å². The van der Waals surface area contributed by atoms with Gasteiger partial charge in [-0.1, -0.05) is 12.1 Å². The molecule has 1 aromatic rings. The second-order valence-electron chi connectivity index (χ2n) is 2.70. The molecule has 0 amide bonds. The van der Waals surface area contributed by atoms with Crippen molar-refractivity contribution in [3.63, 3.8) is 0 Å². The largest absolute Gasteiger partial charge is 0.496 e. The molecule has 4 heteroatoms. The first-order valence-corrected chi connectivity index (χ1v) is 4.17. The molecular formula is C10H12O4. The summed E-state index contributed by atoms with van der Waals surface area (Å²) in [5, 5.41) is 8.86. The van der Waals surface area contributed by atoms with Gasteiger partial charge in [-0.25, -0.2) is 4.79 Å².